The van der Waals surface area contributed by atoms with Gasteiger partial charge in [0, 0.05) is 17.9 Å². The van der Waals surface area contributed by atoms with Gasteiger partial charge in [-0.2, -0.15) is 0 Å². The molecule has 3 rings (SSSR count). The molecular weight excluding hydrogens is 242 g/mol. The standard InChI is InChI=1S/C14H15N3S/c1-10(2)18-14-16-15-13-9-12-6-4-3-5-11(12)7-8-17(13)14/h3-8,10H,9H2,1-2H3. The molecule has 0 saturated heterocycles. The van der Waals surface area contributed by atoms with Crippen molar-refractivity contribution in [1.82, 2.24) is 14.8 Å². The van der Waals surface area contributed by atoms with Crippen LogP contribution in [0.25, 0.3) is 12.3 Å². The van der Waals surface area contributed by atoms with Crippen LogP contribution >= 0.6 is 11.8 Å². The van der Waals surface area contributed by atoms with Crippen molar-refractivity contribution in [2.45, 2.75) is 30.7 Å². The van der Waals surface area contributed by atoms with Gasteiger partial charge in [0.15, 0.2) is 5.16 Å². The molecule has 0 saturated carbocycles. The Hall–Kier alpha value is -1.55. The third-order valence-corrected chi connectivity index (χ3v) is 3.84. The summed E-state index contributed by atoms with van der Waals surface area (Å²) in [6, 6.07) is 8.43. The SMILES string of the molecule is CC(C)Sc1nnc2n1C=Cc1ccccc1C2. The van der Waals surface area contributed by atoms with Crippen LogP contribution in [0.1, 0.15) is 30.8 Å². The smallest absolute Gasteiger partial charge is 0.195 e. The van der Waals surface area contributed by atoms with Gasteiger partial charge in [0.05, 0.1) is 0 Å². The molecule has 1 aliphatic rings. The number of aromatic nitrogens is 3. The van der Waals surface area contributed by atoms with Crippen LogP contribution < -0.4 is 0 Å². The molecular formula is C14H15N3S. The van der Waals surface area contributed by atoms with E-state index in [0.717, 1.165) is 17.4 Å². The van der Waals surface area contributed by atoms with Crippen molar-refractivity contribution >= 4 is 24.0 Å². The van der Waals surface area contributed by atoms with Gasteiger partial charge in [0.1, 0.15) is 5.82 Å². The second-order valence-corrected chi connectivity index (χ2v) is 6.17. The number of rotatable bonds is 2. The van der Waals surface area contributed by atoms with Gasteiger partial charge < -0.3 is 0 Å². The highest BCUT2D eigenvalue weighted by molar-refractivity contribution is 7.99. The minimum absolute atomic E-state index is 0.511. The van der Waals surface area contributed by atoms with Gasteiger partial charge >= 0.3 is 0 Å². The van der Waals surface area contributed by atoms with Crippen LogP contribution in [0.3, 0.4) is 0 Å². The zero-order valence-electron chi connectivity index (χ0n) is 10.5. The van der Waals surface area contributed by atoms with Crippen LogP contribution in [0.4, 0.5) is 0 Å². The Morgan fingerprint density at radius 1 is 1.22 bits per heavy atom. The molecule has 3 nitrogen and oxygen atoms in total. The Bertz CT molecular complexity index is 599. The maximum atomic E-state index is 4.31. The van der Waals surface area contributed by atoms with Crippen molar-refractivity contribution in [1.29, 1.82) is 0 Å². The Balaban J connectivity index is 2.02. The Kier molecular flexibility index (Phi) is 2.96. The van der Waals surface area contributed by atoms with E-state index in [9.17, 15) is 0 Å². The van der Waals surface area contributed by atoms with E-state index < -0.39 is 0 Å². The minimum atomic E-state index is 0.511. The quantitative estimate of drug-likeness (QED) is 0.660. The van der Waals surface area contributed by atoms with Crippen molar-refractivity contribution < 1.29 is 0 Å². The third kappa shape index (κ3) is 2.08. The lowest BCUT2D eigenvalue weighted by Crippen LogP contribution is -1.99. The van der Waals surface area contributed by atoms with Crippen molar-refractivity contribution in [3.8, 4) is 0 Å². The summed E-state index contributed by atoms with van der Waals surface area (Å²) in [4.78, 5) is 0. The molecule has 0 radical (unpaired) electrons. The van der Waals surface area contributed by atoms with Crippen LogP contribution in [0, 0.1) is 0 Å². The molecule has 0 fully saturated rings. The number of thioether (sulfide) groups is 1. The lowest BCUT2D eigenvalue weighted by molar-refractivity contribution is 0.893. The molecule has 0 amide bonds. The van der Waals surface area contributed by atoms with Crippen molar-refractivity contribution in [2.75, 3.05) is 0 Å². The molecule has 0 spiro atoms. The lowest BCUT2D eigenvalue weighted by Gasteiger charge is -2.04. The molecule has 18 heavy (non-hydrogen) atoms. The van der Waals surface area contributed by atoms with E-state index in [0.29, 0.717) is 5.25 Å². The molecule has 1 aromatic carbocycles. The van der Waals surface area contributed by atoms with E-state index in [1.165, 1.54) is 11.1 Å². The first-order valence-electron chi connectivity index (χ1n) is 6.10. The normalized spacial score (nSPS) is 13.3. The van der Waals surface area contributed by atoms with Gasteiger partial charge in [-0.15, -0.1) is 10.2 Å². The molecule has 92 valence electrons. The zero-order chi connectivity index (χ0) is 12.5. The molecule has 4 heteroatoms. The summed E-state index contributed by atoms with van der Waals surface area (Å²) in [6.07, 6.45) is 5.06. The first-order chi connectivity index (χ1) is 8.74. The van der Waals surface area contributed by atoms with E-state index >= 15 is 0 Å². The van der Waals surface area contributed by atoms with E-state index in [1.807, 2.05) is 0 Å². The monoisotopic (exact) mass is 257 g/mol. The van der Waals surface area contributed by atoms with Crippen LogP contribution in [-0.4, -0.2) is 20.0 Å². The lowest BCUT2D eigenvalue weighted by atomic mass is 10.1. The maximum Gasteiger partial charge on any atom is 0.195 e. The number of benzene rings is 1. The number of fused-ring (bicyclic) bond motifs is 2. The predicted octanol–water partition coefficient (Wildman–Crippen LogP) is 3.31. The summed E-state index contributed by atoms with van der Waals surface area (Å²) in [5.74, 6) is 1.01. The van der Waals surface area contributed by atoms with Crippen LogP contribution in [0.5, 0.6) is 0 Å². The summed E-state index contributed by atoms with van der Waals surface area (Å²) in [5.41, 5.74) is 2.57. The average molecular weight is 257 g/mol. The fourth-order valence-electron chi connectivity index (χ4n) is 2.05. The highest BCUT2D eigenvalue weighted by Crippen LogP contribution is 2.26. The van der Waals surface area contributed by atoms with Gasteiger partial charge in [-0.25, -0.2) is 0 Å². The van der Waals surface area contributed by atoms with Gasteiger partial charge in [-0.3, -0.25) is 4.57 Å². The first kappa shape index (κ1) is 11.5. The highest BCUT2D eigenvalue weighted by atomic mass is 32.2. The molecule has 2 heterocycles. The Morgan fingerprint density at radius 3 is 2.89 bits per heavy atom. The van der Waals surface area contributed by atoms with E-state index in [1.54, 1.807) is 11.8 Å². The molecule has 0 bridgehead atoms. The molecule has 0 atom stereocenters. The molecule has 0 N–H and O–H groups in total. The largest absolute Gasteiger partial charge is 0.281 e. The van der Waals surface area contributed by atoms with E-state index in [-0.39, 0.29) is 0 Å². The number of hydrogen-bond donors (Lipinski definition) is 0. The van der Waals surface area contributed by atoms with Gasteiger partial charge in [0.2, 0.25) is 0 Å². The second-order valence-electron chi connectivity index (χ2n) is 4.63. The summed E-state index contributed by atoms with van der Waals surface area (Å²) in [6.45, 7) is 4.34. The van der Waals surface area contributed by atoms with Crippen LogP contribution in [-0.2, 0) is 6.42 Å². The second kappa shape index (κ2) is 4.61. The van der Waals surface area contributed by atoms with E-state index in [4.69, 9.17) is 0 Å². The summed E-state index contributed by atoms with van der Waals surface area (Å²) in [5, 5.41) is 10.1. The fourth-order valence-corrected chi connectivity index (χ4v) is 2.84. The Labute approximate surface area is 111 Å². The van der Waals surface area contributed by atoms with Gasteiger partial charge in [-0.05, 0) is 17.2 Å². The molecule has 0 aliphatic carbocycles. The zero-order valence-corrected chi connectivity index (χ0v) is 11.3. The topological polar surface area (TPSA) is 30.7 Å². The summed E-state index contributed by atoms with van der Waals surface area (Å²) in [7, 11) is 0. The summed E-state index contributed by atoms with van der Waals surface area (Å²) >= 11 is 1.75. The van der Waals surface area contributed by atoms with Crippen molar-refractivity contribution in [3.05, 3.63) is 41.2 Å². The van der Waals surface area contributed by atoms with Crippen LogP contribution in [0.2, 0.25) is 0 Å². The number of hydrogen-bond acceptors (Lipinski definition) is 3. The van der Waals surface area contributed by atoms with Gasteiger partial charge in [-0.1, -0.05) is 49.9 Å². The molecule has 0 unspecified atom stereocenters. The third-order valence-electron chi connectivity index (χ3n) is 2.88. The fraction of sp³-hybridized carbons (Fsp3) is 0.286. The minimum Gasteiger partial charge on any atom is -0.281 e. The molecule has 1 aliphatic heterocycles. The molecule has 1 aromatic heterocycles. The summed E-state index contributed by atoms with van der Waals surface area (Å²) < 4.78 is 2.10. The highest BCUT2D eigenvalue weighted by Gasteiger charge is 2.15. The molecule has 2 aromatic rings. The maximum absolute atomic E-state index is 4.31. The van der Waals surface area contributed by atoms with Crippen molar-refractivity contribution in [2.24, 2.45) is 0 Å². The predicted molar refractivity (Wildman–Crippen MR) is 75.5 cm³/mol. The average Bonchev–Trinajstić information content (AvgIpc) is 2.60. The van der Waals surface area contributed by atoms with Crippen LogP contribution in [0.15, 0.2) is 29.4 Å². The number of nitrogens with zero attached hydrogens (tertiary/aromatic N) is 3. The Morgan fingerprint density at radius 2 is 2.06 bits per heavy atom. The van der Waals surface area contributed by atoms with E-state index in [2.05, 4.69) is 65.2 Å². The first-order valence-corrected chi connectivity index (χ1v) is 6.98. The van der Waals surface area contributed by atoms with Gasteiger partial charge in [0.25, 0.3) is 0 Å². The van der Waals surface area contributed by atoms with Crippen molar-refractivity contribution in [3.63, 3.8) is 0 Å².